The van der Waals surface area contributed by atoms with E-state index in [-0.39, 0.29) is 35.3 Å². The van der Waals surface area contributed by atoms with E-state index in [2.05, 4.69) is 54.2 Å². The molecule has 3 rings (SSSR count). The molecule has 40 heavy (non-hydrogen) atoms. The van der Waals surface area contributed by atoms with Crippen LogP contribution in [0.5, 0.6) is 0 Å². The van der Waals surface area contributed by atoms with Crippen molar-refractivity contribution in [3.05, 3.63) is 18.3 Å². The maximum Gasteiger partial charge on any atom is 0.259 e. The number of carbonyl (C=O) groups excluding carboxylic acids is 1. The molecule has 13 heteroatoms. The first-order valence-corrected chi connectivity index (χ1v) is 16.2. The van der Waals surface area contributed by atoms with Gasteiger partial charge in [0, 0.05) is 30.9 Å². The fraction of sp³-hybridized carbons (Fsp3) is 0.778. The number of rotatable bonds is 16. The van der Waals surface area contributed by atoms with E-state index in [1.807, 2.05) is 25.3 Å². The van der Waals surface area contributed by atoms with Crippen LogP contribution in [0.1, 0.15) is 66.8 Å². The van der Waals surface area contributed by atoms with Gasteiger partial charge in [-0.2, -0.15) is 0 Å². The number of imidazole rings is 1. The lowest BCUT2D eigenvalue weighted by Gasteiger charge is -2.38. The van der Waals surface area contributed by atoms with E-state index in [1.54, 1.807) is 13.4 Å². The summed E-state index contributed by atoms with van der Waals surface area (Å²) in [6, 6.07) is 0.392. The fourth-order valence-corrected chi connectivity index (χ4v) is 7.15. The zero-order valence-corrected chi connectivity index (χ0v) is 27.0. The molecule has 0 radical (unpaired) electrons. The molecule has 0 aliphatic carbocycles. The summed E-state index contributed by atoms with van der Waals surface area (Å²) < 4.78 is 35.6. The number of nitrogens with zero attached hydrogens (tertiary/aromatic N) is 5. The molecule has 0 N–H and O–H groups in total. The first kappa shape index (κ1) is 33.3. The molecule has 226 valence electrons. The van der Waals surface area contributed by atoms with Crippen molar-refractivity contribution in [3.8, 4) is 0 Å². The van der Waals surface area contributed by atoms with Gasteiger partial charge in [0.05, 0.1) is 37.9 Å². The zero-order chi connectivity index (χ0) is 29.4. The van der Waals surface area contributed by atoms with Crippen molar-refractivity contribution < 1.29 is 28.1 Å². The number of carbonyl (C=O) groups is 1. The number of hydrogen-bond acceptors (Lipinski definition) is 11. The second-order valence-corrected chi connectivity index (χ2v) is 13.1. The number of thioether (sulfide) groups is 1. The molecule has 0 spiro atoms. The minimum Gasteiger partial charge on any atom is -0.378 e. The monoisotopic (exact) mass is 599 g/mol. The van der Waals surface area contributed by atoms with Gasteiger partial charge >= 0.3 is 0 Å². The summed E-state index contributed by atoms with van der Waals surface area (Å²) in [7, 11) is 0.222. The van der Waals surface area contributed by atoms with Gasteiger partial charge in [0.1, 0.15) is 24.1 Å². The first-order valence-electron chi connectivity index (χ1n) is 14.0. The van der Waals surface area contributed by atoms with Gasteiger partial charge in [-0.05, 0) is 41.0 Å². The van der Waals surface area contributed by atoms with Crippen molar-refractivity contribution >= 4 is 36.6 Å². The van der Waals surface area contributed by atoms with Crippen molar-refractivity contribution in [2.24, 2.45) is 5.92 Å². The summed E-state index contributed by atoms with van der Waals surface area (Å²) in [6.07, 6.45) is 2.57. The second-order valence-electron chi connectivity index (χ2n) is 10.6. The minimum atomic E-state index is -1.45. The van der Waals surface area contributed by atoms with E-state index < -0.39 is 20.9 Å². The van der Waals surface area contributed by atoms with Crippen molar-refractivity contribution in [3.63, 3.8) is 0 Å². The van der Waals surface area contributed by atoms with E-state index in [0.29, 0.717) is 31.2 Å². The average molecular weight is 600 g/mol. The summed E-state index contributed by atoms with van der Waals surface area (Å²) in [5, 5.41) is 0.183. The van der Waals surface area contributed by atoms with Crippen molar-refractivity contribution in [1.82, 2.24) is 24.2 Å². The standard InChI is InChI=1S/C27H46N5O6PS/c1-10-21-23(24(34-9)26(37-21)31-16-30-22-20(8)28-15-29-25(22)31)38-39(32(18(4)5)19(6)7)36-12-11-35-13-14-40-27(33)17(2)3/h15-19,21,23-24,26H,10-14H2,1-9H3/t21-,23?,24+,26-,39?/m1/s1. The van der Waals surface area contributed by atoms with Gasteiger partial charge in [0.2, 0.25) is 0 Å². The molecule has 2 aromatic heterocycles. The zero-order valence-electron chi connectivity index (χ0n) is 25.3. The van der Waals surface area contributed by atoms with Crippen molar-refractivity contribution in [1.29, 1.82) is 0 Å². The molecule has 0 saturated carbocycles. The van der Waals surface area contributed by atoms with Crippen LogP contribution >= 0.6 is 20.3 Å². The Hall–Kier alpha value is -1.24. The second kappa shape index (κ2) is 15.8. The highest BCUT2D eigenvalue weighted by atomic mass is 32.2. The van der Waals surface area contributed by atoms with Gasteiger partial charge in [-0.1, -0.05) is 32.5 Å². The highest BCUT2D eigenvalue weighted by Gasteiger charge is 2.49. The predicted octanol–water partition coefficient (Wildman–Crippen LogP) is 5.14. The van der Waals surface area contributed by atoms with Crippen LogP contribution in [0.25, 0.3) is 11.2 Å². The van der Waals surface area contributed by atoms with Crippen molar-refractivity contribution in [2.45, 2.75) is 98.4 Å². The highest BCUT2D eigenvalue weighted by Crippen LogP contribution is 2.50. The molecule has 1 aliphatic heterocycles. The number of aromatic nitrogens is 4. The predicted molar refractivity (Wildman–Crippen MR) is 158 cm³/mol. The van der Waals surface area contributed by atoms with E-state index in [0.717, 1.165) is 17.6 Å². The number of hydrogen-bond donors (Lipinski definition) is 0. The Bertz CT molecular complexity index is 1070. The summed E-state index contributed by atoms with van der Waals surface area (Å²) in [5.41, 5.74) is 2.25. The lowest BCUT2D eigenvalue weighted by Crippen LogP contribution is -2.39. The molecule has 3 heterocycles. The summed E-state index contributed by atoms with van der Waals surface area (Å²) in [5.74, 6) is 0.660. The first-order chi connectivity index (χ1) is 19.1. The lowest BCUT2D eigenvalue weighted by atomic mass is 10.1. The summed E-state index contributed by atoms with van der Waals surface area (Å²) in [4.78, 5) is 25.1. The summed E-state index contributed by atoms with van der Waals surface area (Å²) in [6.45, 7) is 17.6. The third-order valence-electron chi connectivity index (χ3n) is 6.61. The molecule has 0 bridgehead atoms. The van der Waals surface area contributed by atoms with Crippen LogP contribution in [-0.4, -0.2) is 92.4 Å². The third-order valence-corrected chi connectivity index (χ3v) is 9.86. The van der Waals surface area contributed by atoms with Gasteiger partial charge < -0.3 is 23.3 Å². The van der Waals surface area contributed by atoms with E-state index in [1.165, 1.54) is 18.1 Å². The minimum absolute atomic E-state index is 0.0269. The molecular formula is C27H46N5O6PS. The molecular weight excluding hydrogens is 553 g/mol. The third kappa shape index (κ3) is 8.19. The van der Waals surface area contributed by atoms with Gasteiger partial charge in [-0.25, -0.2) is 19.6 Å². The van der Waals surface area contributed by atoms with Crippen LogP contribution < -0.4 is 0 Å². The smallest absolute Gasteiger partial charge is 0.259 e. The SMILES string of the molecule is CC[C@H]1O[C@@H](n2cnc3c(C)ncnc32)[C@@H](OC)C1OP(OCCOCCSC(=O)C(C)C)N(C(C)C)C(C)C. The molecule has 0 amide bonds. The molecule has 1 fully saturated rings. The van der Waals surface area contributed by atoms with E-state index in [9.17, 15) is 4.79 Å². The Balaban J connectivity index is 1.72. The lowest BCUT2D eigenvalue weighted by molar-refractivity contribution is -0.113. The normalized spacial score (nSPS) is 22.4. The fourth-order valence-electron chi connectivity index (χ4n) is 4.67. The number of fused-ring (bicyclic) bond motifs is 1. The van der Waals surface area contributed by atoms with Crippen LogP contribution in [0.2, 0.25) is 0 Å². The van der Waals surface area contributed by atoms with Crippen LogP contribution in [0, 0.1) is 12.8 Å². The Morgan fingerprint density at radius 1 is 1.10 bits per heavy atom. The maximum absolute atomic E-state index is 11.8. The van der Waals surface area contributed by atoms with E-state index in [4.69, 9.17) is 23.3 Å². The number of aryl methyl sites for hydroxylation is 1. The molecule has 0 aromatic carbocycles. The molecule has 1 aliphatic rings. The Morgan fingerprint density at radius 2 is 1.82 bits per heavy atom. The average Bonchev–Trinajstić information content (AvgIpc) is 3.48. The van der Waals surface area contributed by atoms with Crippen molar-refractivity contribution in [2.75, 3.05) is 32.7 Å². The van der Waals surface area contributed by atoms with Crippen LogP contribution in [0.4, 0.5) is 0 Å². The Kier molecular flexibility index (Phi) is 13.2. The summed E-state index contributed by atoms with van der Waals surface area (Å²) >= 11 is 1.31. The molecule has 2 aromatic rings. The van der Waals surface area contributed by atoms with Gasteiger partial charge in [0.15, 0.2) is 17.0 Å². The highest BCUT2D eigenvalue weighted by molar-refractivity contribution is 8.13. The molecule has 11 nitrogen and oxygen atoms in total. The van der Waals surface area contributed by atoms with Crippen LogP contribution in [0.3, 0.4) is 0 Å². The number of ether oxygens (including phenoxy) is 3. The molecule has 2 unspecified atom stereocenters. The van der Waals surface area contributed by atoms with E-state index >= 15 is 0 Å². The molecule has 1 saturated heterocycles. The molecule has 5 atom stereocenters. The topological polar surface area (TPSA) is 110 Å². The van der Waals surface area contributed by atoms with Gasteiger partial charge in [0.25, 0.3) is 8.53 Å². The van der Waals surface area contributed by atoms with Gasteiger partial charge in [-0.15, -0.1) is 0 Å². The maximum atomic E-state index is 11.8. The van der Waals surface area contributed by atoms with Crippen LogP contribution in [-0.2, 0) is 28.1 Å². The number of methoxy groups -OCH3 is 1. The van der Waals surface area contributed by atoms with Crippen LogP contribution in [0.15, 0.2) is 12.7 Å². The Morgan fingerprint density at radius 3 is 2.45 bits per heavy atom. The quantitative estimate of drug-likeness (QED) is 0.189. The largest absolute Gasteiger partial charge is 0.378 e. The van der Waals surface area contributed by atoms with Gasteiger partial charge in [-0.3, -0.25) is 9.36 Å². The Labute approximate surface area is 244 Å².